The molecular weight excluding hydrogens is 827 g/mol. The van der Waals surface area contributed by atoms with E-state index in [1.165, 1.54) is 6.92 Å². The molecule has 23 nitrogen and oxygen atoms in total. The van der Waals surface area contributed by atoms with Crippen LogP contribution in [0, 0.1) is 23.7 Å². The number of nitrogens with one attached hydrogen (secondary N) is 7. The van der Waals surface area contributed by atoms with Crippen molar-refractivity contribution < 1.29 is 58.5 Å². The fraction of sp³-hybridized carbons (Fsp3) is 0.750. The molecule has 0 spiro atoms. The molecule has 23 heteroatoms. The second-order valence-corrected chi connectivity index (χ2v) is 17.3. The molecule has 7 amide bonds. The van der Waals surface area contributed by atoms with Crippen molar-refractivity contribution >= 4 is 59.2 Å². The lowest BCUT2D eigenvalue weighted by Gasteiger charge is -2.28. The van der Waals surface area contributed by atoms with Crippen LogP contribution in [0.15, 0.2) is 4.99 Å². The Labute approximate surface area is 369 Å². The van der Waals surface area contributed by atoms with Crippen molar-refractivity contribution in [3.8, 4) is 0 Å². The van der Waals surface area contributed by atoms with Gasteiger partial charge in [0, 0.05) is 6.54 Å². The van der Waals surface area contributed by atoms with Gasteiger partial charge in [-0.15, -0.1) is 0 Å². The Kier molecular flexibility index (Phi) is 26.4. The molecule has 0 heterocycles. The standard InChI is InChI=1S/C40H73N11O12/c1-19(2)13-25(46-30(53)18-45-38(61)32(41)23(9)52)34(57)50-28(17-31(54)55)37(60)47-24(11-10-12-44-40(42)43)33(56)48-26(14-20(3)4)35(58)49-27(15-21(5)6)36(59)51-29(39(62)63)16-22(7)8/h19-29,32,52H,10-18,41H2,1-9H3,(H,45,61)(H,46,53)(H,47,60)(H,48,56)(H,49,58)(H,50,57)(H,51,59)(H,54,55)(H,62,63)(H4,42,43,44)/t23-,24+,25+,26+,27+,28+,29+,32+/m1/s1. The highest BCUT2D eigenvalue weighted by Gasteiger charge is 2.35. The van der Waals surface area contributed by atoms with Crippen molar-refractivity contribution in [2.45, 2.75) is 156 Å². The van der Waals surface area contributed by atoms with Gasteiger partial charge in [-0.1, -0.05) is 55.4 Å². The number of carboxylic acids is 2. The average Bonchev–Trinajstić information content (AvgIpc) is 3.14. The Balaban J connectivity index is 6.54. The maximum absolute atomic E-state index is 14.0. The maximum Gasteiger partial charge on any atom is 0.326 e. The van der Waals surface area contributed by atoms with Crippen LogP contribution < -0.4 is 54.4 Å². The number of aliphatic imine (C=N–C) groups is 1. The molecule has 0 radical (unpaired) electrons. The highest BCUT2D eigenvalue weighted by molar-refractivity contribution is 5.98. The van der Waals surface area contributed by atoms with Gasteiger partial charge >= 0.3 is 11.9 Å². The van der Waals surface area contributed by atoms with Crippen molar-refractivity contribution in [2.75, 3.05) is 13.1 Å². The number of nitrogens with two attached hydrogens (primary N) is 3. The third kappa shape index (κ3) is 24.6. The first-order valence-electron chi connectivity index (χ1n) is 21.2. The molecule has 63 heavy (non-hydrogen) atoms. The predicted octanol–water partition coefficient (Wildman–Crippen LogP) is -2.48. The van der Waals surface area contributed by atoms with E-state index in [1.54, 1.807) is 55.4 Å². The van der Waals surface area contributed by atoms with Crippen LogP contribution in [-0.4, -0.2) is 136 Å². The second kappa shape index (κ2) is 28.9. The lowest BCUT2D eigenvalue weighted by atomic mass is 9.98. The first-order chi connectivity index (χ1) is 29.1. The van der Waals surface area contributed by atoms with Gasteiger partial charge in [0.1, 0.15) is 42.3 Å². The zero-order chi connectivity index (χ0) is 48.7. The molecule has 0 saturated heterocycles. The molecule has 0 unspecified atom stereocenters. The van der Waals surface area contributed by atoms with Gasteiger partial charge in [0.15, 0.2) is 5.96 Å². The second-order valence-electron chi connectivity index (χ2n) is 17.3. The van der Waals surface area contributed by atoms with Gasteiger partial charge in [-0.05, 0) is 69.1 Å². The van der Waals surface area contributed by atoms with Gasteiger partial charge < -0.3 is 69.7 Å². The topological polar surface area (TPSA) is 389 Å². The smallest absolute Gasteiger partial charge is 0.326 e. The molecular formula is C40H73N11O12. The molecule has 0 rings (SSSR count). The van der Waals surface area contributed by atoms with E-state index in [1.807, 2.05) is 0 Å². The summed E-state index contributed by atoms with van der Waals surface area (Å²) in [5.74, 6) is -9.66. The van der Waals surface area contributed by atoms with E-state index in [9.17, 15) is 58.5 Å². The summed E-state index contributed by atoms with van der Waals surface area (Å²) in [6, 6.07) is -9.54. The average molecular weight is 900 g/mol. The molecule has 0 aromatic rings. The number of amides is 7. The highest BCUT2D eigenvalue weighted by Crippen LogP contribution is 2.13. The lowest BCUT2D eigenvalue weighted by Crippen LogP contribution is -2.60. The molecule has 0 saturated carbocycles. The number of carbonyl (C=O) groups excluding carboxylic acids is 7. The summed E-state index contributed by atoms with van der Waals surface area (Å²) in [5.41, 5.74) is 16.5. The monoisotopic (exact) mass is 900 g/mol. The minimum atomic E-state index is -1.78. The van der Waals surface area contributed by atoms with E-state index in [0.717, 1.165) is 0 Å². The fourth-order valence-corrected chi connectivity index (χ4v) is 6.07. The first-order valence-corrected chi connectivity index (χ1v) is 21.2. The number of aliphatic carboxylic acids is 2. The van der Waals surface area contributed by atoms with Crippen molar-refractivity contribution in [3.63, 3.8) is 0 Å². The zero-order valence-corrected chi connectivity index (χ0v) is 38.0. The third-order valence-corrected chi connectivity index (χ3v) is 9.20. The largest absolute Gasteiger partial charge is 0.481 e. The molecule has 360 valence electrons. The number of hydrogen-bond donors (Lipinski definition) is 13. The van der Waals surface area contributed by atoms with Crippen LogP contribution in [0.3, 0.4) is 0 Å². The predicted molar refractivity (Wildman–Crippen MR) is 232 cm³/mol. The Morgan fingerprint density at radius 2 is 0.889 bits per heavy atom. The minimum Gasteiger partial charge on any atom is -0.481 e. The molecule has 8 atom stereocenters. The van der Waals surface area contributed by atoms with Crippen LogP contribution in [-0.2, 0) is 43.2 Å². The Hall–Kier alpha value is -5.58. The van der Waals surface area contributed by atoms with E-state index in [0.29, 0.717) is 0 Å². The molecule has 0 aliphatic carbocycles. The molecule has 0 fully saturated rings. The number of rotatable bonds is 30. The van der Waals surface area contributed by atoms with Crippen LogP contribution in [0.5, 0.6) is 0 Å². The van der Waals surface area contributed by atoms with E-state index in [2.05, 4.69) is 42.2 Å². The van der Waals surface area contributed by atoms with Gasteiger partial charge in [-0.25, -0.2) is 4.79 Å². The van der Waals surface area contributed by atoms with Gasteiger partial charge in [0.05, 0.1) is 19.1 Å². The molecule has 0 aliphatic heterocycles. The first kappa shape index (κ1) is 57.4. The van der Waals surface area contributed by atoms with Gasteiger partial charge in [-0.3, -0.25) is 43.3 Å². The van der Waals surface area contributed by atoms with Crippen LogP contribution in [0.25, 0.3) is 0 Å². The Bertz CT molecular complexity index is 1580. The number of nitrogens with zero attached hydrogens (tertiary/aromatic N) is 1. The summed E-state index contributed by atoms with van der Waals surface area (Å²) < 4.78 is 0. The number of carbonyl (C=O) groups is 9. The number of guanidine groups is 1. The zero-order valence-electron chi connectivity index (χ0n) is 38.0. The van der Waals surface area contributed by atoms with E-state index >= 15 is 0 Å². The Morgan fingerprint density at radius 3 is 1.29 bits per heavy atom. The molecule has 0 aromatic carbocycles. The summed E-state index contributed by atoms with van der Waals surface area (Å²) >= 11 is 0. The summed E-state index contributed by atoms with van der Waals surface area (Å²) in [7, 11) is 0. The SMILES string of the molecule is CC(C)C[C@H](NC(=O)[C@H](CC(C)C)NC(=O)[C@H](CC(C)C)NC(=O)[C@H](CCCN=C(N)N)NC(=O)[C@H](CC(=O)O)NC(=O)[C@H](CC(C)C)NC(=O)CNC(=O)[C@@H](N)[C@@H](C)O)C(=O)O. The van der Waals surface area contributed by atoms with E-state index < -0.39 is 115 Å². The third-order valence-electron chi connectivity index (χ3n) is 9.20. The van der Waals surface area contributed by atoms with Crippen LogP contribution in [0.2, 0.25) is 0 Å². The van der Waals surface area contributed by atoms with Crippen LogP contribution >= 0.6 is 0 Å². The Morgan fingerprint density at radius 1 is 0.524 bits per heavy atom. The van der Waals surface area contributed by atoms with Crippen molar-refractivity contribution in [1.82, 2.24) is 37.2 Å². The number of aliphatic hydroxyl groups is 1. The van der Waals surface area contributed by atoms with Crippen LogP contribution in [0.4, 0.5) is 0 Å². The fourth-order valence-electron chi connectivity index (χ4n) is 6.07. The maximum atomic E-state index is 14.0. The van der Waals surface area contributed by atoms with Crippen molar-refractivity contribution in [2.24, 2.45) is 45.9 Å². The van der Waals surface area contributed by atoms with Crippen molar-refractivity contribution in [1.29, 1.82) is 0 Å². The summed E-state index contributed by atoms with van der Waals surface area (Å²) in [4.78, 5) is 121. The molecule has 0 bridgehead atoms. The number of carboxylic acid groups (broad SMARTS) is 2. The normalized spacial score (nSPS) is 15.1. The van der Waals surface area contributed by atoms with E-state index in [4.69, 9.17) is 17.2 Å². The van der Waals surface area contributed by atoms with Crippen LogP contribution in [0.1, 0.15) is 107 Å². The van der Waals surface area contributed by atoms with E-state index in [-0.39, 0.29) is 74.7 Å². The number of aliphatic hydroxyl groups excluding tert-OH is 1. The summed E-state index contributed by atoms with van der Waals surface area (Å²) in [6.07, 6.45) is -1.85. The molecule has 16 N–H and O–H groups in total. The minimum absolute atomic E-state index is 0.00925. The molecule has 0 aliphatic rings. The summed E-state index contributed by atoms with van der Waals surface area (Å²) in [6.45, 7) is 14.9. The van der Waals surface area contributed by atoms with Gasteiger partial charge in [0.25, 0.3) is 0 Å². The molecule has 0 aromatic heterocycles. The number of hydrogen-bond acceptors (Lipinski definition) is 12. The van der Waals surface area contributed by atoms with Gasteiger partial charge in [-0.2, -0.15) is 0 Å². The van der Waals surface area contributed by atoms with Crippen molar-refractivity contribution in [3.05, 3.63) is 0 Å². The summed E-state index contributed by atoms with van der Waals surface area (Å²) in [5, 5.41) is 46.2. The highest BCUT2D eigenvalue weighted by atomic mass is 16.4. The lowest BCUT2D eigenvalue weighted by molar-refractivity contribution is -0.143. The quantitative estimate of drug-likeness (QED) is 0.0202. The van der Waals surface area contributed by atoms with Gasteiger partial charge in [0.2, 0.25) is 41.4 Å².